The first-order valence-electron chi connectivity index (χ1n) is 4.89. The molecule has 1 rings (SSSR count). The molecule has 0 aromatic heterocycles. The Bertz CT molecular complexity index is 440. The fraction of sp³-hybridized carbons (Fsp3) is 0.167. The number of carbonyl (C=O) groups excluding carboxylic acids is 1. The van der Waals surface area contributed by atoms with Crippen LogP contribution in [0, 0.1) is 0 Å². The van der Waals surface area contributed by atoms with Gasteiger partial charge in [0.15, 0.2) is 0 Å². The lowest BCUT2D eigenvalue weighted by Crippen LogP contribution is -2.30. The Morgan fingerprint density at radius 2 is 1.94 bits per heavy atom. The number of hydrogen-bond acceptors (Lipinski definition) is 2. The maximum Gasteiger partial charge on any atom is 0.323 e. The van der Waals surface area contributed by atoms with E-state index in [0.29, 0.717) is 5.02 Å². The summed E-state index contributed by atoms with van der Waals surface area (Å²) in [7, 11) is 1.43. The van der Waals surface area contributed by atoms with Crippen LogP contribution < -0.4 is 0 Å². The largest absolute Gasteiger partial charge is 0.480 e. The van der Waals surface area contributed by atoms with Crippen LogP contribution in [-0.2, 0) is 9.59 Å². The Morgan fingerprint density at radius 1 is 1.35 bits per heavy atom. The van der Waals surface area contributed by atoms with E-state index in [0.717, 1.165) is 10.5 Å². The van der Waals surface area contributed by atoms with Crippen LogP contribution in [0.2, 0.25) is 5.02 Å². The second kappa shape index (κ2) is 6.06. The summed E-state index contributed by atoms with van der Waals surface area (Å²) in [5, 5.41) is 9.14. The van der Waals surface area contributed by atoms with Crippen molar-refractivity contribution in [1.82, 2.24) is 4.90 Å². The summed E-state index contributed by atoms with van der Waals surface area (Å²) in [4.78, 5) is 23.0. The third kappa shape index (κ3) is 4.70. The molecule has 0 heterocycles. The monoisotopic (exact) mass is 253 g/mol. The van der Waals surface area contributed by atoms with Gasteiger partial charge in [-0.2, -0.15) is 0 Å². The summed E-state index contributed by atoms with van der Waals surface area (Å²) in [6, 6.07) is 6.96. The molecule has 1 amide bonds. The van der Waals surface area contributed by atoms with E-state index in [-0.39, 0.29) is 12.5 Å². The highest BCUT2D eigenvalue weighted by Gasteiger charge is 2.08. The van der Waals surface area contributed by atoms with E-state index >= 15 is 0 Å². The zero-order chi connectivity index (χ0) is 12.8. The molecule has 0 aliphatic carbocycles. The van der Waals surface area contributed by atoms with Gasteiger partial charge in [0.25, 0.3) is 0 Å². The first-order chi connectivity index (χ1) is 7.99. The summed E-state index contributed by atoms with van der Waals surface area (Å²) in [5.41, 5.74) is 0.825. The number of carbonyl (C=O) groups is 2. The second-order valence-electron chi connectivity index (χ2n) is 3.47. The highest BCUT2D eigenvalue weighted by molar-refractivity contribution is 6.30. The van der Waals surface area contributed by atoms with Gasteiger partial charge in [0.1, 0.15) is 6.54 Å². The molecular weight excluding hydrogens is 242 g/mol. The number of rotatable bonds is 4. The molecule has 0 saturated heterocycles. The molecule has 4 nitrogen and oxygen atoms in total. The molecule has 0 aliphatic rings. The maximum atomic E-state index is 11.5. The molecule has 0 aliphatic heterocycles. The molecule has 0 unspecified atom stereocenters. The van der Waals surface area contributed by atoms with Crippen molar-refractivity contribution in [2.45, 2.75) is 0 Å². The number of carboxylic acids is 1. The van der Waals surface area contributed by atoms with Gasteiger partial charge in [0.05, 0.1) is 0 Å². The van der Waals surface area contributed by atoms with E-state index in [4.69, 9.17) is 16.7 Å². The average molecular weight is 254 g/mol. The van der Waals surface area contributed by atoms with Gasteiger partial charge in [0.2, 0.25) is 5.91 Å². The summed E-state index contributed by atoms with van der Waals surface area (Å²) in [6.07, 6.45) is 2.93. The minimum atomic E-state index is -1.04. The van der Waals surface area contributed by atoms with E-state index in [1.165, 1.54) is 13.1 Å². The van der Waals surface area contributed by atoms with Crippen LogP contribution >= 0.6 is 11.6 Å². The van der Waals surface area contributed by atoms with Crippen LogP contribution in [-0.4, -0.2) is 35.5 Å². The highest BCUT2D eigenvalue weighted by Crippen LogP contribution is 2.10. The minimum Gasteiger partial charge on any atom is -0.480 e. The van der Waals surface area contributed by atoms with E-state index in [1.807, 2.05) is 0 Å². The lowest BCUT2D eigenvalue weighted by molar-refractivity contribution is -0.141. The van der Waals surface area contributed by atoms with Gasteiger partial charge in [0, 0.05) is 18.1 Å². The molecule has 0 bridgehead atoms. The van der Waals surface area contributed by atoms with Crippen molar-refractivity contribution in [2.75, 3.05) is 13.6 Å². The number of benzene rings is 1. The van der Waals surface area contributed by atoms with Gasteiger partial charge in [-0.3, -0.25) is 9.59 Å². The van der Waals surface area contributed by atoms with Gasteiger partial charge < -0.3 is 10.0 Å². The fourth-order valence-electron chi connectivity index (χ4n) is 1.15. The van der Waals surface area contributed by atoms with Crippen LogP contribution in [0.1, 0.15) is 5.56 Å². The predicted molar refractivity (Wildman–Crippen MR) is 65.8 cm³/mol. The zero-order valence-electron chi connectivity index (χ0n) is 9.26. The van der Waals surface area contributed by atoms with Crippen molar-refractivity contribution in [3.8, 4) is 0 Å². The van der Waals surface area contributed by atoms with Gasteiger partial charge in [-0.15, -0.1) is 0 Å². The van der Waals surface area contributed by atoms with Crippen molar-refractivity contribution >= 4 is 29.6 Å². The quantitative estimate of drug-likeness (QED) is 0.834. The van der Waals surface area contributed by atoms with Crippen LogP contribution in [0.25, 0.3) is 6.08 Å². The molecule has 1 aromatic carbocycles. The normalized spacial score (nSPS) is 10.5. The lowest BCUT2D eigenvalue weighted by atomic mass is 10.2. The Balaban J connectivity index is 2.61. The predicted octanol–water partition coefficient (Wildman–Crippen LogP) is 1.90. The number of hydrogen-bond donors (Lipinski definition) is 1. The van der Waals surface area contributed by atoms with Crippen LogP contribution in [0.5, 0.6) is 0 Å². The SMILES string of the molecule is CN(CC(=O)O)C(=O)/C=C/c1ccc(Cl)cc1. The van der Waals surface area contributed by atoms with Crippen molar-refractivity contribution in [2.24, 2.45) is 0 Å². The van der Waals surface area contributed by atoms with Crippen LogP contribution in [0.3, 0.4) is 0 Å². The third-order valence-corrected chi connectivity index (χ3v) is 2.29. The molecule has 90 valence electrons. The molecule has 0 radical (unpaired) electrons. The first kappa shape index (κ1) is 13.3. The summed E-state index contributed by atoms with van der Waals surface area (Å²) >= 11 is 5.72. The fourth-order valence-corrected chi connectivity index (χ4v) is 1.28. The number of likely N-dealkylation sites (N-methyl/N-ethyl adjacent to an activating group) is 1. The smallest absolute Gasteiger partial charge is 0.323 e. The molecule has 17 heavy (non-hydrogen) atoms. The molecular formula is C12H12ClNO3. The Labute approximate surface area is 104 Å². The standard InChI is InChI=1S/C12H12ClNO3/c1-14(8-12(16)17)11(15)7-4-9-2-5-10(13)6-3-9/h2-7H,8H2,1H3,(H,16,17)/b7-4+. The van der Waals surface area contributed by atoms with Crippen molar-refractivity contribution < 1.29 is 14.7 Å². The first-order valence-corrected chi connectivity index (χ1v) is 5.27. The van der Waals surface area contributed by atoms with Crippen LogP contribution in [0.4, 0.5) is 0 Å². The number of nitrogens with zero attached hydrogens (tertiary/aromatic N) is 1. The maximum absolute atomic E-state index is 11.5. The van der Waals surface area contributed by atoms with Gasteiger partial charge in [-0.05, 0) is 23.8 Å². The van der Waals surface area contributed by atoms with Gasteiger partial charge in [-0.1, -0.05) is 23.7 Å². The van der Waals surface area contributed by atoms with E-state index in [2.05, 4.69) is 0 Å². The van der Waals surface area contributed by atoms with E-state index in [1.54, 1.807) is 30.3 Å². The number of aliphatic carboxylic acids is 1. The average Bonchev–Trinajstić information content (AvgIpc) is 2.27. The molecule has 1 N–H and O–H groups in total. The highest BCUT2D eigenvalue weighted by atomic mass is 35.5. The van der Waals surface area contributed by atoms with Crippen molar-refractivity contribution in [1.29, 1.82) is 0 Å². The third-order valence-electron chi connectivity index (χ3n) is 2.04. The molecule has 1 aromatic rings. The van der Waals surface area contributed by atoms with Crippen molar-refractivity contribution in [3.63, 3.8) is 0 Å². The Morgan fingerprint density at radius 3 is 2.47 bits per heavy atom. The summed E-state index contributed by atoms with van der Waals surface area (Å²) in [6.45, 7) is -0.316. The minimum absolute atomic E-state index is 0.316. The summed E-state index contributed by atoms with van der Waals surface area (Å²) < 4.78 is 0. The van der Waals surface area contributed by atoms with Crippen LogP contribution in [0.15, 0.2) is 30.3 Å². The summed E-state index contributed by atoms with van der Waals surface area (Å²) in [5.74, 6) is -1.40. The van der Waals surface area contributed by atoms with Crippen molar-refractivity contribution in [3.05, 3.63) is 40.9 Å². The molecule has 0 saturated carbocycles. The molecule has 5 heteroatoms. The second-order valence-corrected chi connectivity index (χ2v) is 3.91. The Hall–Kier alpha value is -1.81. The molecule has 0 fully saturated rings. The zero-order valence-corrected chi connectivity index (χ0v) is 10.0. The number of carboxylic acid groups (broad SMARTS) is 1. The van der Waals surface area contributed by atoms with E-state index in [9.17, 15) is 9.59 Å². The van der Waals surface area contributed by atoms with Gasteiger partial charge in [-0.25, -0.2) is 0 Å². The molecule has 0 spiro atoms. The number of halogens is 1. The number of amides is 1. The van der Waals surface area contributed by atoms with E-state index < -0.39 is 5.97 Å². The topological polar surface area (TPSA) is 57.6 Å². The van der Waals surface area contributed by atoms with Gasteiger partial charge >= 0.3 is 5.97 Å². The Kier molecular flexibility index (Phi) is 4.72. The molecule has 0 atom stereocenters. The lowest BCUT2D eigenvalue weighted by Gasteiger charge is -2.11.